The van der Waals surface area contributed by atoms with Crippen LogP contribution in [0.3, 0.4) is 0 Å². The van der Waals surface area contributed by atoms with Crippen LogP contribution in [-0.2, 0) is 6.54 Å². The maximum atomic E-state index is 9.60. The second-order valence-corrected chi connectivity index (χ2v) is 5.26. The Morgan fingerprint density at radius 1 is 1.14 bits per heavy atom. The summed E-state index contributed by atoms with van der Waals surface area (Å²) in [5.74, 6) is 0.652. The molecule has 0 aliphatic carbocycles. The van der Waals surface area contributed by atoms with Gasteiger partial charge in [0.1, 0.15) is 0 Å². The number of hydrogen-bond acceptors (Lipinski definition) is 4. The van der Waals surface area contributed by atoms with Gasteiger partial charge in [0.2, 0.25) is 0 Å². The van der Waals surface area contributed by atoms with Crippen molar-refractivity contribution in [3.05, 3.63) is 47.5 Å². The molecule has 0 spiro atoms. The lowest BCUT2D eigenvalue weighted by atomic mass is 10.1. The predicted octanol–water partition coefficient (Wildman–Crippen LogP) is 3.39. The van der Waals surface area contributed by atoms with Crippen molar-refractivity contribution >= 4 is 11.4 Å². The first-order valence-corrected chi connectivity index (χ1v) is 6.89. The van der Waals surface area contributed by atoms with Crippen molar-refractivity contribution in [3.63, 3.8) is 0 Å². The number of aromatic hydroxyl groups is 1. The molecule has 21 heavy (non-hydrogen) atoms. The largest absolute Gasteiger partial charge is 0.504 e. The molecule has 0 aliphatic heterocycles. The van der Waals surface area contributed by atoms with E-state index in [-0.39, 0.29) is 5.75 Å². The van der Waals surface area contributed by atoms with Crippen molar-refractivity contribution in [2.45, 2.75) is 13.5 Å². The lowest BCUT2D eigenvalue weighted by Crippen LogP contribution is -2.11. The first kappa shape index (κ1) is 15.0. The highest BCUT2D eigenvalue weighted by Crippen LogP contribution is 2.27. The minimum Gasteiger partial charge on any atom is -0.504 e. The van der Waals surface area contributed by atoms with Crippen LogP contribution in [-0.4, -0.2) is 26.3 Å². The molecule has 0 aliphatic rings. The number of phenols is 1. The van der Waals surface area contributed by atoms with Gasteiger partial charge >= 0.3 is 0 Å². The van der Waals surface area contributed by atoms with Crippen LogP contribution in [0.15, 0.2) is 36.4 Å². The SMILES string of the molecule is COc1cc(CNc2ccc(C)c(N(C)C)c2)ccc1O. The Morgan fingerprint density at radius 3 is 2.57 bits per heavy atom. The fourth-order valence-corrected chi connectivity index (χ4v) is 2.24. The zero-order valence-electron chi connectivity index (χ0n) is 13.0. The van der Waals surface area contributed by atoms with Gasteiger partial charge < -0.3 is 20.1 Å². The summed E-state index contributed by atoms with van der Waals surface area (Å²) in [5, 5.41) is 13.0. The van der Waals surface area contributed by atoms with Gasteiger partial charge in [-0.05, 0) is 42.3 Å². The molecule has 2 N–H and O–H groups in total. The van der Waals surface area contributed by atoms with Gasteiger partial charge in [0, 0.05) is 32.0 Å². The number of nitrogens with zero attached hydrogens (tertiary/aromatic N) is 1. The number of rotatable bonds is 5. The second-order valence-electron chi connectivity index (χ2n) is 5.26. The van der Waals surface area contributed by atoms with E-state index >= 15 is 0 Å². The summed E-state index contributed by atoms with van der Waals surface area (Å²) in [5.41, 5.74) is 4.56. The molecule has 0 heterocycles. The van der Waals surface area contributed by atoms with Crippen molar-refractivity contribution in [2.75, 3.05) is 31.4 Å². The van der Waals surface area contributed by atoms with Crippen molar-refractivity contribution in [3.8, 4) is 11.5 Å². The second kappa shape index (κ2) is 6.39. The van der Waals surface area contributed by atoms with Gasteiger partial charge in [0.05, 0.1) is 7.11 Å². The van der Waals surface area contributed by atoms with Crippen molar-refractivity contribution in [1.29, 1.82) is 0 Å². The van der Waals surface area contributed by atoms with Gasteiger partial charge in [0.25, 0.3) is 0 Å². The van der Waals surface area contributed by atoms with Gasteiger partial charge in [-0.25, -0.2) is 0 Å². The van der Waals surface area contributed by atoms with E-state index in [2.05, 4.69) is 35.3 Å². The fraction of sp³-hybridized carbons (Fsp3) is 0.294. The quantitative estimate of drug-likeness (QED) is 0.884. The van der Waals surface area contributed by atoms with Crippen LogP contribution in [0.1, 0.15) is 11.1 Å². The Bertz CT molecular complexity index is 624. The molecule has 0 saturated heterocycles. The first-order chi connectivity index (χ1) is 10.0. The summed E-state index contributed by atoms with van der Waals surface area (Å²) in [6.45, 7) is 2.77. The molecule has 0 unspecified atom stereocenters. The van der Waals surface area contributed by atoms with Crippen molar-refractivity contribution < 1.29 is 9.84 Å². The van der Waals surface area contributed by atoms with E-state index < -0.39 is 0 Å². The molecule has 0 bridgehead atoms. The molecule has 0 fully saturated rings. The summed E-state index contributed by atoms with van der Waals surface area (Å²) >= 11 is 0. The average Bonchev–Trinajstić information content (AvgIpc) is 2.47. The Hall–Kier alpha value is -2.36. The third-order valence-corrected chi connectivity index (χ3v) is 3.43. The minimum absolute atomic E-state index is 0.159. The van der Waals surface area contributed by atoms with Gasteiger partial charge in [-0.1, -0.05) is 12.1 Å². The third-order valence-electron chi connectivity index (χ3n) is 3.43. The molecule has 0 saturated carbocycles. The van der Waals surface area contributed by atoms with E-state index in [1.165, 1.54) is 11.3 Å². The minimum atomic E-state index is 0.159. The van der Waals surface area contributed by atoms with Crippen molar-refractivity contribution in [1.82, 2.24) is 0 Å². The maximum Gasteiger partial charge on any atom is 0.160 e. The Kier molecular flexibility index (Phi) is 4.58. The molecule has 0 amide bonds. The molecular weight excluding hydrogens is 264 g/mol. The molecule has 2 aromatic carbocycles. The van der Waals surface area contributed by atoms with E-state index in [1.54, 1.807) is 13.2 Å². The van der Waals surface area contributed by atoms with E-state index in [1.807, 2.05) is 26.2 Å². The molecule has 112 valence electrons. The number of phenolic OH excluding ortho intramolecular Hbond substituents is 1. The summed E-state index contributed by atoms with van der Waals surface area (Å²) in [6, 6.07) is 11.7. The van der Waals surface area contributed by atoms with Crippen LogP contribution in [0.2, 0.25) is 0 Å². The molecule has 2 rings (SSSR count). The highest BCUT2D eigenvalue weighted by molar-refractivity contribution is 5.62. The molecule has 4 nitrogen and oxygen atoms in total. The Balaban J connectivity index is 2.11. The van der Waals surface area contributed by atoms with Gasteiger partial charge in [0.15, 0.2) is 11.5 Å². The molecule has 0 aromatic heterocycles. The van der Waals surface area contributed by atoms with Crippen molar-refractivity contribution in [2.24, 2.45) is 0 Å². The zero-order valence-corrected chi connectivity index (χ0v) is 13.0. The molecule has 0 atom stereocenters. The molecule has 4 heteroatoms. The standard InChI is InChI=1S/C17H22N2O2/c1-12-5-7-14(10-15(12)19(2)3)18-11-13-6-8-16(20)17(9-13)21-4/h5-10,18,20H,11H2,1-4H3. The van der Waals surface area contributed by atoms with Gasteiger partial charge in [-0.2, -0.15) is 0 Å². The number of ether oxygens (including phenoxy) is 1. The fourth-order valence-electron chi connectivity index (χ4n) is 2.24. The van der Waals surface area contributed by atoms with Crippen LogP contribution in [0.25, 0.3) is 0 Å². The first-order valence-electron chi connectivity index (χ1n) is 6.89. The zero-order chi connectivity index (χ0) is 15.4. The summed E-state index contributed by atoms with van der Waals surface area (Å²) in [7, 11) is 5.63. The smallest absolute Gasteiger partial charge is 0.160 e. The summed E-state index contributed by atoms with van der Waals surface area (Å²) in [4.78, 5) is 2.10. The van der Waals surface area contributed by atoms with Crippen LogP contribution >= 0.6 is 0 Å². The van der Waals surface area contributed by atoms with Gasteiger partial charge in [-0.15, -0.1) is 0 Å². The highest BCUT2D eigenvalue weighted by atomic mass is 16.5. The third kappa shape index (κ3) is 3.60. The molecular formula is C17H22N2O2. The van der Waals surface area contributed by atoms with Crippen LogP contribution < -0.4 is 15.0 Å². The predicted molar refractivity (Wildman–Crippen MR) is 87.5 cm³/mol. The topological polar surface area (TPSA) is 44.7 Å². The van der Waals surface area contributed by atoms with E-state index in [9.17, 15) is 5.11 Å². The Morgan fingerprint density at radius 2 is 1.90 bits per heavy atom. The number of methoxy groups -OCH3 is 1. The number of anilines is 2. The molecule has 2 aromatic rings. The maximum absolute atomic E-state index is 9.60. The van der Waals surface area contributed by atoms with Crippen LogP contribution in [0.5, 0.6) is 11.5 Å². The number of hydrogen-bond donors (Lipinski definition) is 2. The monoisotopic (exact) mass is 286 g/mol. The highest BCUT2D eigenvalue weighted by Gasteiger charge is 2.04. The summed E-state index contributed by atoms with van der Waals surface area (Å²) < 4.78 is 5.12. The van der Waals surface area contributed by atoms with E-state index in [0.29, 0.717) is 12.3 Å². The number of benzene rings is 2. The number of nitrogens with one attached hydrogen (secondary N) is 1. The van der Waals surface area contributed by atoms with Crippen LogP contribution in [0.4, 0.5) is 11.4 Å². The average molecular weight is 286 g/mol. The van der Waals surface area contributed by atoms with Gasteiger partial charge in [-0.3, -0.25) is 0 Å². The number of aryl methyl sites for hydroxylation is 1. The van der Waals surface area contributed by atoms with Crippen LogP contribution in [0, 0.1) is 6.92 Å². The normalized spacial score (nSPS) is 10.3. The lowest BCUT2D eigenvalue weighted by molar-refractivity contribution is 0.373. The molecule has 0 radical (unpaired) electrons. The Labute approximate surface area is 126 Å². The summed E-state index contributed by atoms with van der Waals surface area (Å²) in [6.07, 6.45) is 0. The van der Waals surface area contributed by atoms with E-state index in [0.717, 1.165) is 11.3 Å². The lowest BCUT2D eigenvalue weighted by Gasteiger charge is -2.17. The van der Waals surface area contributed by atoms with E-state index in [4.69, 9.17) is 4.74 Å².